The highest BCUT2D eigenvalue weighted by Crippen LogP contribution is 2.34. The fourth-order valence-electron chi connectivity index (χ4n) is 3.00. The van der Waals surface area contributed by atoms with E-state index in [1.807, 2.05) is 48.2 Å². The molecular formula is C17H19N5S. The van der Waals surface area contributed by atoms with Crippen LogP contribution in [0, 0.1) is 13.8 Å². The number of nitrogens with one attached hydrogen (secondary N) is 1. The van der Waals surface area contributed by atoms with Crippen LogP contribution in [-0.2, 0) is 0 Å². The Hall–Kier alpha value is -2.05. The third-order valence-corrected chi connectivity index (χ3v) is 5.28. The smallest absolute Gasteiger partial charge is 0.173 e. The molecule has 4 heterocycles. The van der Waals surface area contributed by atoms with Gasteiger partial charge in [0.05, 0.1) is 10.6 Å². The van der Waals surface area contributed by atoms with Gasteiger partial charge in [-0.25, -0.2) is 9.67 Å². The van der Waals surface area contributed by atoms with Crippen molar-refractivity contribution >= 4 is 11.3 Å². The molecule has 3 aromatic heterocycles. The van der Waals surface area contributed by atoms with Gasteiger partial charge in [0, 0.05) is 22.8 Å². The lowest BCUT2D eigenvalue weighted by Crippen LogP contribution is -2.11. The number of nitrogens with zero attached hydrogens (tertiary/aromatic N) is 4. The molecule has 1 aliphatic heterocycles. The third kappa shape index (κ3) is 2.80. The van der Waals surface area contributed by atoms with Gasteiger partial charge in [-0.1, -0.05) is 0 Å². The third-order valence-electron chi connectivity index (χ3n) is 4.09. The molecule has 0 saturated carbocycles. The zero-order chi connectivity index (χ0) is 15.8. The van der Waals surface area contributed by atoms with Gasteiger partial charge in [0.15, 0.2) is 5.82 Å². The normalized spacial score (nSPS) is 17.7. The fraction of sp³-hybridized carbons (Fsp3) is 0.353. The molecule has 0 spiro atoms. The van der Waals surface area contributed by atoms with Crippen molar-refractivity contribution in [3.63, 3.8) is 0 Å². The molecule has 0 aliphatic carbocycles. The summed E-state index contributed by atoms with van der Waals surface area (Å²) >= 11 is 1.81. The Bertz CT molecular complexity index is 829. The first-order chi connectivity index (χ1) is 11.2. The van der Waals surface area contributed by atoms with Crippen LogP contribution in [0.15, 0.2) is 30.5 Å². The first-order valence-corrected chi connectivity index (χ1v) is 8.72. The Morgan fingerprint density at radius 3 is 2.96 bits per heavy atom. The van der Waals surface area contributed by atoms with Crippen LogP contribution < -0.4 is 5.32 Å². The van der Waals surface area contributed by atoms with E-state index in [4.69, 9.17) is 0 Å². The Morgan fingerprint density at radius 1 is 1.26 bits per heavy atom. The summed E-state index contributed by atoms with van der Waals surface area (Å²) in [5.74, 6) is 1.69. The maximum Gasteiger partial charge on any atom is 0.173 e. The molecular weight excluding hydrogens is 306 g/mol. The molecule has 1 fully saturated rings. The van der Waals surface area contributed by atoms with E-state index < -0.39 is 0 Å². The van der Waals surface area contributed by atoms with Crippen LogP contribution in [0.25, 0.3) is 16.4 Å². The van der Waals surface area contributed by atoms with Crippen molar-refractivity contribution in [2.75, 3.05) is 6.54 Å². The van der Waals surface area contributed by atoms with Crippen LogP contribution in [0.4, 0.5) is 0 Å². The average Bonchev–Trinajstić information content (AvgIpc) is 3.26. The maximum absolute atomic E-state index is 4.65. The highest BCUT2D eigenvalue weighted by molar-refractivity contribution is 7.15. The molecule has 6 heteroatoms. The molecule has 118 valence electrons. The number of aryl methyl sites for hydroxylation is 2. The first-order valence-electron chi connectivity index (χ1n) is 7.91. The van der Waals surface area contributed by atoms with Crippen molar-refractivity contribution in [3.05, 3.63) is 46.9 Å². The minimum atomic E-state index is 0.495. The molecule has 4 rings (SSSR count). The van der Waals surface area contributed by atoms with E-state index in [1.165, 1.54) is 17.7 Å². The quantitative estimate of drug-likeness (QED) is 0.801. The maximum atomic E-state index is 4.65. The molecule has 1 saturated heterocycles. The summed E-state index contributed by atoms with van der Waals surface area (Å²) in [5.41, 5.74) is 1.98. The van der Waals surface area contributed by atoms with Gasteiger partial charge in [-0.05, 0) is 57.5 Å². The van der Waals surface area contributed by atoms with Crippen LogP contribution in [-0.4, -0.2) is 26.3 Å². The van der Waals surface area contributed by atoms with Crippen molar-refractivity contribution in [1.29, 1.82) is 0 Å². The number of aromatic nitrogens is 4. The van der Waals surface area contributed by atoms with Crippen LogP contribution in [0.2, 0.25) is 0 Å². The van der Waals surface area contributed by atoms with Crippen molar-refractivity contribution in [3.8, 4) is 16.4 Å². The molecule has 3 aromatic rings. The summed E-state index contributed by atoms with van der Waals surface area (Å²) in [4.78, 5) is 11.5. The van der Waals surface area contributed by atoms with Crippen LogP contribution in [0.3, 0.4) is 0 Å². The Morgan fingerprint density at radius 2 is 2.17 bits per heavy atom. The topological polar surface area (TPSA) is 55.6 Å². The highest BCUT2D eigenvalue weighted by atomic mass is 32.1. The Kier molecular flexibility index (Phi) is 3.71. The van der Waals surface area contributed by atoms with Crippen LogP contribution in [0.5, 0.6) is 0 Å². The number of thiophene rings is 1. The van der Waals surface area contributed by atoms with E-state index in [2.05, 4.69) is 32.5 Å². The van der Waals surface area contributed by atoms with E-state index in [0.29, 0.717) is 6.04 Å². The summed E-state index contributed by atoms with van der Waals surface area (Å²) in [6.45, 7) is 5.03. The van der Waals surface area contributed by atoms with Gasteiger partial charge in [0.2, 0.25) is 0 Å². The second-order valence-corrected chi connectivity index (χ2v) is 7.02. The minimum absolute atomic E-state index is 0.495. The SMILES string of the molecule is Cc1cc(-n2nc(C)nc2-c2ccc([C@H]3CCCN3)s2)ccn1. The highest BCUT2D eigenvalue weighted by Gasteiger charge is 2.20. The van der Waals surface area contributed by atoms with E-state index in [1.54, 1.807) is 0 Å². The zero-order valence-electron chi connectivity index (χ0n) is 13.3. The number of hydrogen-bond acceptors (Lipinski definition) is 5. The molecule has 1 atom stereocenters. The predicted octanol–water partition coefficient (Wildman–Crippen LogP) is 3.43. The molecule has 5 nitrogen and oxygen atoms in total. The molecule has 0 bridgehead atoms. The van der Waals surface area contributed by atoms with E-state index in [-0.39, 0.29) is 0 Å². The molecule has 23 heavy (non-hydrogen) atoms. The monoisotopic (exact) mass is 325 g/mol. The summed E-state index contributed by atoms with van der Waals surface area (Å²) in [6.07, 6.45) is 4.28. The average molecular weight is 325 g/mol. The lowest BCUT2D eigenvalue weighted by Gasteiger charge is -2.07. The Labute approximate surface area is 139 Å². The lowest BCUT2D eigenvalue weighted by atomic mass is 10.2. The zero-order valence-corrected chi connectivity index (χ0v) is 14.1. The Balaban J connectivity index is 1.74. The molecule has 1 aliphatic rings. The van der Waals surface area contributed by atoms with Crippen molar-refractivity contribution < 1.29 is 0 Å². The van der Waals surface area contributed by atoms with E-state index in [9.17, 15) is 0 Å². The first kappa shape index (κ1) is 14.5. The van der Waals surface area contributed by atoms with Crippen molar-refractivity contribution in [1.82, 2.24) is 25.1 Å². The summed E-state index contributed by atoms with van der Waals surface area (Å²) in [7, 11) is 0. The van der Waals surface area contributed by atoms with Crippen LogP contribution >= 0.6 is 11.3 Å². The standard InChI is InChI=1S/C17H19N5S/c1-11-10-13(7-9-18-11)22-17(20-12(2)21-22)16-6-5-15(23-16)14-4-3-8-19-14/h5-7,9-10,14,19H,3-4,8H2,1-2H3/t14-/m1/s1. The van der Waals surface area contributed by atoms with Gasteiger partial charge in [-0.3, -0.25) is 4.98 Å². The summed E-state index contributed by atoms with van der Waals surface area (Å²) in [5, 5.41) is 8.13. The van der Waals surface area contributed by atoms with E-state index in [0.717, 1.165) is 34.5 Å². The second-order valence-electron chi connectivity index (χ2n) is 5.90. The molecule has 0 radical (unpaired) electrons. The van der Waals surface area contributed by atoms with Gasteiger partial charge in [-0.2, -0.15) is 5.10 Å². The van der Waals surface area contributed by atoms with Crippen molar-refractivity contribution in [2.45, 2.75) is 32.7 Å². The minimum Gasteiger partial charge on any atom is -0.309 e. The molecule has 0 unspecified atom stereocenters. The number of rotatable bonds is 3. The predicted molar refractivity (Wildman–Crippen MR) is 91.9 cm³/mol. The van der Waals surface area contributed by atoms with Crippen molar-refractivity contribution in [2.24, 2.45) is 0 Å². The van der Waals surface area contributed by atoms with Gasteiger partial charge >= 0.3 is 0 Å². The largest absolute Gasteiger partial charge is 0.309 e. The van der Waals surface area contributed by atoms with Gasteiger partial charge in [0.25, 0.3) is 0 Å². The molecule has 1 N–H and O–H groups in total. The molecule has 0 aromatic carbocycles. The van der Waals surface area contributed by atoms with E-state index >= 15 is 0 Å². The number of hydrogen-bond donors (Lipinski definition) is 1. The second kappa shape index (κ2) is 5.86. The lowest BCUT2D eigenvalue weighted by molar-refractivity contribution is 0.660. The fourth-order valence-corrected chi connectivity index (χ4v) is 4.10. The van der Waals surface area contributed by atoms with Crippen LogP contribution in [0.1, 0.15) is 35.3 Å². The summed E-state index contributed by atoms with van der Waals surface area (Å²) < 4.78 is 1.92. The van der Waals surface area contributed by atoms with Gasteiger partial charge in [-0.15, -0.1) is 11.3 Å². The van der Waals surface area contributed by atoms with Gasteiger partial charge in [0.1, 0.15) is 5.82 Å². The molecule has 0 amide bonds. The van der Waals surface area contributed by atoms with Gasteiger partial charge < -0.3 is 5.32 Å². The number of pyridine rings is 1. The summed E-state index contributed by atoms with van der Waals surface area (Å²) in [6, 6.07) is 8.88.